The topological polar surface area (TPSA) is 59.2 Å². The van der Waals surface area contributed by atoms with Crippen molar-refractivity contribution in [3.8, 4) is 0 Å². The normalized spacial score (nSPS) is 18.5. The first-order valence-electron chi connectivity index (χ1n) is 7.14. The van der Waals surface area contributed by atoms with Gasteiger partial charge in [0.05, 0.1) is 11.2 Å². The zero-order valence-corrected chi connectivity index (χ0v) is 12.4. The van der Waals surface area contributed by atoms with Gasteiger partial charge in [-0.15, -0.1) is 11.3 Å². The molecule has 0 spiro atoms. The highest BCUT2D eigenvalue weighted by Crippen LogP contribution is 2.27. The Balaban J connectivity index is 1.90. The van der Waals surface area contributed by atoms with Gasteiger partial charge in [0.1, 0.15) is 0 Å². The molecule has 1 aliphatic carbocycles. The number of aryl methyl sites for hydroxylation is 1. The zero-order valence-electron chi connectivity index (χ0n) is 11.6. The third-order valence-corrected chi connectivity index (χ3v) is 4.65. The third-order valence-electron chi connectivity index (χ3n) is 3.76. The Hall–Kier alpha value is -0.940. The summed E-state index contributed by atoms with van der Waals surface area (Å²) >= 11 is 1.78. The van der Waals surface area contributed by atoms with E-state index in [1.807, 2.05) is 5.51 Å². The molecule has 1 aliphatic rings. The number of fused-ring (bicyclic) bond motifs is 1. The summed E-state index contributed by atoms with van der Waals surface area (Å²) in [5.41, 5.74) is 8.48. The summed E-state index contributed by atoms with van der Waals surface area (Å²) in [5, 5.41) is 0. The average Bonchev–Trinajstić information content (AvgIpc) is 2.84. The van der Waals surface area contributed by atoms with Crippen LogP contribution < -0.4 is 5.73 Å². The average molecular weight is 281 g/mol. The lowest BCUT2D eigenvalue weighted by molar-refractivity contribution is -0.118. The number of amides is 1. The van der Waals surface area contributed by atoms with Crippen molar-refractivity contribution >= 4 is 17.2 Å². The van der Waals surface area contributed by atoms with Gasteiger partial charge in [-0.3, -0.25) is 4.79 Å². The van der Waals surface area contributed by atoms with Gasteiger partial charge in [0, 0.05) is 17.3 Å². The van der Waals surface area contributed by atoms with Gasteiger partial charge in [-0.25, -0.2) is 4.98 Å². The number of carbonyl (C=O) groups excluding carboxylic acids is 1. The minimum Gasteiger partial charge on any atom is -0.370 e. The molecule has 0 aromatic carbocycles. The Morgan fingerprint density at radius 2 is 2.42 bits per heavy atom. The van der Waals surface area contributed by atoms with E-state index in [0.29, 0.717) is 12.5 Å². The lowest BCUT2D eigenvalue weighted by Crippen LogP contribution is -2.40. The minimum atomic E-state index is -0.190. The number of hydrogen-bond donors (Lipinski definition) is 1. The Kier molecular flexibility index (Phi) is 5.34. The second-order valence-electron chi connectivity index (χ2n) is 5.22. The Labute approximate surface area is 119 Å². The fraction of sp³-hybridized carbons (Fsp3) is 0.714. The summed E-state index contributed by atoms with van der Waals surface area (Å²) in [4.78, 5) is 19.2. The minimum absolute atomic E-state index is 0.190. The molecular formula is C14H23N3OS. The van der Waals surface area contributed by atoms with Gasteiger partial charge in [0.15, 0.2) is 0 Å². The highest BCUT2D eigenvalue weighted by Gasteiger charge is 2.25. The van der Waals surface area contributed by atoms with Crippen molar-refractivity contribution in [2.75, 3.05) is 13.1 Å². The number of hydrogen-bond acceptors (Lipinski definition) is 4. The first-order chi connectivity index (χ1) is 9.20. The van der Waals surface area contributed by atoms with Crippen molar-refractivity contribution in [2.24, 2.45) is 5.73 Å². The first-order valence-corrected chi connectivity index (χ1v) is 8.02. The standard InChI is InChI=1S/C14H23N3OS/c1-2-7-17(8-3-4-14(15)18)11-5-6-12-13(9-11)19-10-16-12/h10-11H,2-9H2,1H3,(H2,15,18). The Morgan fingerprint density at radius 1 is 1.58 bits per heavy atom. The number of aromatic nitrogens is 1. The second-order valence-corrected chi connectivity index (χ2v) is 6.16. The maximum atomic E-state index is 10.8. The molecule has 0 radical (unpaired) electrons. The lowest BCUT2D eigenvalue weighted by atomic mass is 9.96. The van der Waals surface area contributed by atoms with Crippen molar-refractivity contribution in [3.63, 3.8) is 0 Å². The van der Waals surface area contributed by atoms with E-state index in [1.54, 1.807) is 11.3 Å². The molecule has 106 valence electrons. The van der Waals surface area contributed by atoms with E-state index in [4.69, 9.17) is 5.73 Å². The number of nitrogens with zero attached hydrogens (tertiary/aromatic N) is 2. The summed E-state index contributed by atoms with van der Waals surface area (Å²) in [6.45, 7) is 4.30. The van der Waals surface area contributed by atoms with Crippen LogP contribution in [0.3, 0.4) is 0 Å². The van der Waals surface area contributed by atoms with Crippen molar-refractivity contribution < 1.29 is 4.79 Å². The SMILES string of the molecule is CCCN(CCCC(N)=O)C1CCc2ncsc2C1. The van der Waals surface area contributed by atoms with Crippen LogP contribution in [0.5, 0.6) is 0 Å². The van der Waals surface area contributed by atoms with E-state index in [1.165, 1.54) is 17.0 Å². The molecule has 0 aliphatic heterocycles. The predicted octanol–water partition coefficient (Wildman–Crippen LogP) is 1.98. The monoisotopic (exact) mass is 281 g/mol. The maximum Gasteiger partial charge on any atom is 0.217 e. The van der Waals surface area contributed by atoms with E-state index >= 15 is 0 Å². The van der Waals surface area contributed by atoms with E-state index < -0.39 is 0 Å². The molecular weight excluding hydrogens is 258 g/mol. The molecule has 2 rings (SSSR count). The molecule has 0 bridgehead atoms. The molecule has 1 unspecified atom stereocenters. The highest BCUT2D eigenvalue weighted by molar-refractivity contribution is 7.09. The van der Waals surface area contributed by atoms with Gasteiger partial charge in [-0.2, -0.15) is 0 Å². The van der Waals surface area contributed by atoms with Gasteiger partial charge < -0.3 is 10.6 Å². The van der Waals surface area contributed by atoms with E-state index in [9.17, 15) is 4.79 Å². The van der Waals surface area contributed by atoms with Crippen LogP contribution in [0.15, 0.2) is 5.51 Å². The molecule has 1 atom stereocenters. The van der Waals surface area contributed by atoms with Gasteiger partial charge in [-0.05, 0) is 45.2 Å². The number of primary amides is 1. The van der Waals surface area contributed by atoms with E-state index in [-0.39, 0.29) is 5.91 Å². The summed E-state index contributed by atoms with van der Waals surface area (Å²) < 4.78 is 0. The molecule has 1 amide bonds. The molecule has 1 aromatic heterocycles. The number of carbonyl (C=O) groups is 1. The van der Waals surface area contributed by atoms with Crippen LogP contribution in [-0.2, 0) is 17.6 Å². The second kappa shape index (κ2) is 7.01. The molecule has 0 fully saturated rings. The van der Waals surface area contributed by atoms with Crippen LogP contribution in [0, 0.1) is 0 Å². The van der Waals surface area contributed by atoms with Crippen LogP contribution in [0.4, 0.5) is 0 Å². The van der Waals surface area contributed by atoms with Crippen molar-refractivity contribution in [3.05, 3.63) is 16.1 Å². The maximum absolute atomic E-state index is 10.8. The van der Waals surface area contributed by atoms with Gasteiger partial charge in [-0.1, -0.05) is 6.92 Å². The number of rotatable bonds is 7. The van der Waals surface area contributed by atoms with Crippen LogP contribution in [-0.4, -0.2) is 34.9 Å². The zero-order chi connectivity index (χ0) is 13.7. The number of nitrogens with two attached hydrogens (primary N) is 1. The number of thiazole rings is 1. The Bertz CT molecular complexity index is 419. The van der Waals surface area contributed by atoms with Crippen LogP contribution in [0.2, 0.25) is 0 Å². The fourth-order valence-electron chi connectivity index (χ4n) is 2.82. The van der Waals surface area contributed by atoms with Gasteiger partial charge >= 0.3 is 0 Å². The van der Waals surface area contributed by atoms with Crippen molar-refractivity contribution in [1.29, 1.82) is 0 Å². The summed E-state index contributed by atoms with van der Waals surface area (Å²) in [5.74, 6) is -0.190. The fourth-order valence-corrected chi connectivity index (χ4v) is 3.70. The molecule has 2 N–H and O–H groups in total. The third kappa shape index (κ3) is 4.01. The highest BCUT2D eigenvalue weighted by atomic mass is 32.1. The predicted molar refractivity (Wildman–Crippen MR) is 78.2 cm³/mol. The van der Waals surface area contributed by atoms with Gasteiger partial charge in [0.25, 0.3) is 0 Å². The Morgan fingerprint density at radius 3 is 3.16 bits per heavy atom. The van der Waals surface area contributed by atoms with Crippen LogP contribution >= 0.6 is 11.3 Å². The molecule has 5 heteroatoms. The van der Waals surface area contributed by atoms with E-state index in [0.717, 1.165) is 38.8 Å². The molecule has 4 nitrogen and oxygen atoms in total. The van der Waals surface area contributed by atoms with Crippen LogP contribution in [0.25, 0.3) is 0 Å². The van der Waals surface area contributed by atoms with Crippen molar-refractivity contribution in [1.82, 2.24) is 9.88 Å². The molecule has 1 heterocycles. The summed E-state index contributed by atoms with van der Waals surface area (Å²) in [7, 11) is 0. The molecule has 0 saturated heterocycles. The smallest absolute Gasteiger partial charge is 0.217 e. The first kappa shape index (κ1) is 14.5. The quantitative estimate of drug-likeness (QED) is 0.831. The summed E-state index contributed by atoms with van der Waals surface area (Å²) in [6.07, 6.45) is 5.94. The van der Waals surface area contributed by atoms with Crippen LogP contribution in [0.1, 0.15) is 43.2 Å². The molecule has 19 heavy (non-hydrogen) atoms. The molecule has 0 saturated carbocycles. The lowest BCUT2D eigenvalue weighted by Gasteiger charge is -2.33. The molecule has 1 aromatic rings. The van der Waals surface area contributed by atoms with Gasteiger partial charge in [0.2, 0.25) is 5.91 Å². The van der Waals surface area contributed by atoms with Crippen molar-refractivity contribution in [2.45, 2.75) is 51.5 Å². The van der Waals surface area contributed by atoms with E-state index in [2.05, 4.69) is 16.8 Å². The largest absolute Gasteiger partial charge is 0.370 e. The summed E-state index contributed by atoms with van der Waals surface area (Å²) in [6, 6.07) is 0.612.